The predicted octanol–water partition coefficient (Wildman–Crippen LogP) is 3.34. The molecule has 0 radical (unpaired) electrons. The van der Waals surface area contributed by atoms with Gasteiger partial charge in [0.2, 0.25) is 5.91 Å². The Morgan fingerprint density at radius 3 is 2.48 bits per heavy atom. The molecular weight excluding hydrogens is 314 g/mol. The monoisotopic (exact) mass is 339 g/mol. The molecule has 2 N–H and O–H groups in total. The summed E-state index contributed by atoms with van der Waals surface area (Å²) in [6.45, 7) is 4.67. The van der Waals surface area contributed by atoms with E-state index in [0.29, 0.717) is 18.8 Å². The lowest BCUT2D eigenvalue weighted by Crippen LogP contribution is -2.30. The van der Waals surface area contributed by atoms with Crippen LogP contribution in [0.25, 0.3) is 0 Å². The summed E-state index contributed by atoms with van der Waals surface area (Å²) >= 11 is 0. The second-order valence-corrected chi connectivity index (χ2v) is 6.20. The summed E-state index contributed by atoms with van der Waals surface area (Å²) in [5.74, 6) is 0.00672. The van der Waals surface area contributed by atoms with Crippen LogP contribution in [0.3, 0.4) is 0 Å². The molecule has 0 bridgehead atoms. The summed E-state index contributed by atoms with van der Waals surface area (Å²) in [6.07, 6.45) is 0.790. The maximum absolute atomic E-state index is 12.0. The first-order valence-electron chi connectivity index (χ1n) is 8.35. The Kier molecular flexibility index (Phi) is 6.57. The number of carbonyl (C=O) groups is 2. The van der Waals surface area contributed by atoms with Gasteiger partial charge in [-0.05, 0) is 36.6 Å². The van der Waals surface area contributed by atoms with Crippen molar-refractivity contribution in [1.82, 2.24) is 10.2 Å². The summed E-state index contributed by atoms with van der Waals surface area (Å²) in [5, 5.41) is 5.69. The van der Waals surface area contributed by atoms with Gasteiger partial charge in [-0.15, -0.1) is 0 Å². The Morgan fingerprint density at radius 1 is 1.04 bits per heavy atom. The van der Waals surface area contributed by atoms with E-state index in [1.54, 1.807) is 11.9 Å². The van der Waals surface area contributed by atoms with Gasteiger partial charge >= 0.3 is 6.03 Å². The van der Waals surface area contributed by atoms with E-state index in [2.05, 4.69) is 35.8 Å². The van der Waals surface area contributed by atoms with Crippen LogP contribution < -0.4 is 10.6 Å². The summed E-state index contributed by atoms with van der Waals surface area (Å²) in [4.78, 5) is 25.0. The minimum absolute atomic E-state index is 0.00672. The quantitative estimate of drug-likeness (QED) is 0.848. The largest absolute Gasteiger partial charge is 0.342 e. The van der Waals surface area contributed by atoms with E-state index < -0.39 is 0 Å². The van der Waals surface area contributed by atoms with Gasteiger partial charge in [0, 0.05) is 32.7 Å². The van der Waals surface area contributed by atoms with Gasteiger partial charge in [0.15, 0.2) is 0 Å². The molecule has 0 aliphatic rings. The Bertz CT molecular complexity index is 743. The van der Waals surface area contributed by atoms with Gasteiger partial charge in [0.25, 0.3) is 0 Å². The fraction of sp³-hybridized carbons (Fsp3) is 0.300. The molecule has 2 aromatic carbocycles. The molecular formula is C20H25N3O2. The number of hydrogen-bond donors (Lipinski definition) is 2. The lowest BCUT2D eigenvalue weighted by molar-refractivity contribution is -0.128. The first-order chi connectivity index (χ1) is 11.9. The van der Waals surface area contributed by atoms with Crippen molar-refractivity contribution < 1.29 is 9.59 Å². The van der Waals surface area contributed by atoms with E-state index in [-0.39, 0.29) is 11.9 Å². The molecule has 0 aliphatic carbocycles. The van der Waals surface area contributed by atoms with E-state index in [4.69, 9.17) is 0 Å². The van der Waals surface area contributed by atoms with E-state index in [1.807, 2.05) is 30.3 Å². The summed E-state index contributed by atoms with van der Waals surface area (Å²) in [5.41, 5.74) is 4.10. The number of hydrogen-bond acceptors (Lipinski definition) is 2. The predicted molar refractivity (Wildman–Crippen MR) is 100 cm³/mol. The first kappa shape index (κ1) is 18.5. The first-order valence-corrected chi connectivity index (χ1v) is 8.35. The minimum atomic E-state index is -0.232. The van der Waals surface area contributed by atoms with Crippen LogP contribution in [-0.2, 0) is 17.8 Å². The standard InChI is InChI=1S/C20H25N3O2/c1-15-6-4-7-17(12-15)10-11-21-20(25)22-19-9-5-8-18(13-19)14-23(3)16(2)24/h4-9,12-13H,10-11,14H2,1-3H3,(H2,21,22,25). The number of rotatable bonds is 6. The number of urea groups is 1. The van der Waals surface area contributed by atoms with Crippen LogP contribution in [0.4, 0.5) is 10.5 Å². The summed E-state index contributed by atoms with van der Waals surface area (Å²) in [7, 11) is 1.75. The smallest absolute Gasteiger partial charge is 0.319 e. The average molecular weight is 339 g/mol. The maximum atomic E-state index is 12.0. The van der Waals surface area contributed by atoms with Crippen molar-refractivity contribution in [2.75, 3.05) is 18.9 Å². The van der Waals surface area contributed by atoms with Crippen molar-refractivity contribution in [2.24, 2.45) is 0 Å². The van der Waals surface area contributed by atoms with Gasteiger partial charge in [-0.3, -0.25) is 4.79 Å². The SMILES string of the molecule is CC(=O)N(C)Cc1cccc(NC(=O)NCCc2cccc(C)c2)c1. The molecule has 0 atom stereocenters. The third kappa shape index (κ3) is 6.30. The topological polar surface area (TPSA) is 61.4 Å². The molecule has 0 unspecified atom stereocenters. The molecule has 0 spiro atoms. The molecule has 5 nitrogen and oxygen atoms in total. The average Bonchev–Trinajstić information content (AvgIpc) is 2.55. The highest BCUT2D eigenvalue weighted by atomic mass is 16.2. The fourth-order valence-electron chi connectivity index (χ4n) is 2.50. The number of aryl methyl sites for hydroxylation is 1. The normalized spacial score (nSPS) is 10.2. The van der Waals surface area contributed by atoms with Crippen LogP contribution in [0.15, 0.2) is 48.5 Å². The number of anilines is 1. The second-order valence-electron chi connectivity index (χ2n) is 6.20. The van der Waals surface area contributed by atoms with Crippen molar-refractivity contribution >= 4 is 17.6 Å². The van der Waals surface area contributed by atoms with Crippen molar-refractivity contribution in [3.63, 3.8) is 0 Å². The molecule has 2 aromatic rings. The molecule has 0 aliphatic heterocycles. The lowest BCUT2D eigenvalue weighted by atomic mass is 10.1. The molecule has 5 heteroatoms. The van der Waals surface area contributed by atoms with E-state index in [9.17, 15) is 9.59 Å². The highest BCUT2D eigenvalue weighted by Gasteiger charge is 2.06. The number of nitrogens with one attached hydrogen (secondary N) is 2. The van der Waals surface area contributed by atoms with E-state index in [1.165, 1.54) is 18.1 Å². The van der Waals surface area contributed by atoms with Crippen LogP contribution in [0.2, 0.25) is 0 Å². The van der Waals surface area contributed by atoms with E-state index in [0.717, 1.165) is 12.0 Å². The molecule has 0 fully saturated rings. The van der Waals surface area contributed by atoms with Crippen LogP contribution in [-0.4, -0.2) is 30.4 Å². The van der Waals surface area contributed by atoms with Crippen LogP contribution >= 0.6 is 0 Å². The Balaban J connectivity index is 1.83. The third-order valence-electron chi connectivity index (χ3n) is 3.92. The lowest BCUT2D eigenvalue weighted by Gasteiger charge is -2.15. The Morgan fingerprint density at radius 2 is 1.76 bits per heavy atom. The molecule has 0 heterocycles. The van der Waals surface area contributed by atoms with Crippen molar-refractivity contribution in [1.29, 1.82) is 0 Å². The number of benzene rings is 2. The van der Waals surface area contributed by atoms with Gasteiger partial charge in [-0.2, -0.15) is 0 Å². The maximum Gasteiger partial charge on any atom is 0.319 e. The molecule has 132 valence electrons. The summed E-state index contributed by atoms with van der Waals surface area (Å²) in [6, 6.07) is 15.5. The van der Waals surface area contributed by atoms with Crippen LogP contribution in [0.1, 0.15) is 23.6 Å². The van der Waals surface area contributed by atoms with Crippen LogP contribution in [0.5, 0.6) is 0 Å². The zero-order valence-electron chi connectivity index (χ0n) is 15.0. The zero-order chi connectivity index (χ0) is 18.2. The van der Waals surface area contributed by atoms with Gasteiger partial charge in [-0.1, -0.05) is 42.0 Å². The van der Waals surface area contributed by atoms with Gasteiger partial charge in [0.1, 0.15) is 0 Å². The fourth-order valence-corrected chi connectivity index (χ4v) is 2.50. The van der Waals surface area contributed by atoms with Gasteiger partial charge in [0.05, 0.1) is 0 Å². The highest BCUT2D eigenvalue weighted by molar-refractivity contribution is 5.89. The third-order valence-corrected chi connectivity index (χ3v) is 3.92. The zero-order valence-corrected chi connectivity index (χ0v) is 15.0. The molecule has 2 rings (SSSR count). The Hall–Kier alpha value is -2.82. The molecule has 0 saturated carbocycles. The number of amides is 3. The van der Waals surface area contributed by atoms with Gasteiger partial charge in [-0.25, -0.2) is 4.79 Å². The molecule has 0 saturated heterocycles. The van der Waals surface area contributed by atoms with Gasteiger partial charge < -0.3 is 15.5 Å². The van der Waals surface area contributed by atoms with Crippen molar-refractivity contribution in [2.45, 2.75) is 26.8 Å². The van der Waals surface area contributed by atoms with E-state index >= 15 is 0 Å². The molecule has 3 amide bonds. The van der Waals surface area contributed by atoms with Crippen LogP contribution in [0, 0.1) is 6.92 Å². The second kappa shape index (κ2) is 8.87. The Labute approximate surface area is 149 Å². The number of nitrogens with zero attached hydrogens (tertiary/aromatic N) is 1. The molecule has 25 heavy (non-hydrogen) atoms. The van der Waals surface area contributed by atoms with Crippen molar-refractivity contribution in [3.05, 3.63) is 65.2 Å². The minimum Gasteiger partial charge on any atom is -0.342 e. The highest BCUT2D eigenvalue weighted by Crippen LogP contribution is 2.12. The van der Waals surface area contributed by atoms with Crippen molar-refractivity contribution in [3.8, 4) is 0 Å². The summed E-state index contributed by atoms with van der Waals surface area (Å²) < 4.78 is 0. The molecule has 0 aromatic heterocycles. The number of carbonyl (C=O) groups excluding carboxylic acids is 2.